The van der Waals surface area contributed by atoms with Gasteiger partial charge in [-0.3, -0.25) is 9.89 Å². The summed E-state index contributed by atoms with van der Waals surface area (Å²) in [6.45, 7) is 3.95. The molecule has 1 aromatic heterocycles. The predicted octanol–water partition coefficient (Wildman–Crippen LogP) is 0.0162. The summed E-state index contributed by atoms with van der Waals surface area (Å²) in [4.78, 5) is 16.0. The smallest absolute Gasteiger partial charge is 0.233 e. The fraction of sp³-hybridized carbons (Fsp3) is 0.636. The molecule has 0 aromatic carbocycles. The number of amidine groups is 1. The third-order valence-electron chi connectivity index (χ3n) is 3.22. The van der Waals surface area contributed by atoms with E-state index in [-0.39, 0.29) is 11.7 Å². The number of hydrogen-bond donors (Lipinski definition) is 4. The second-order valence-corrected chi connectivity index (χ2v) is 4.46. The molecule has 0 fully saturated rings. The topological polar surface area (TPSA) is 129 Å². The molecular formula is C11H20N6O2. The van der Waals surface area contributed by atoms with Gasteiger partial charge in [0.25, 0.3) is 0 Å². The van der Waals surface area contributed by atoms with Gasteiger partial charge in [0.1, 0.15) is 17.6 Å². The van der Waals surface area contributed by atoms with Crippen LogP contribution in [0, 0.1) is 5.41 Å². The van der Waals surface area contributed by atoms with Crippen molar-refractivity contribution in [1.82, 2.24) is 20.5 Å². The van der Waals surface area contributed by atoms with Crippen LogP contribution < -0.4 is 11.1 Å². The number of oxime groups is 1. The van der Waals surface area contributed by atoms with Crippen molar-refractivity contribution in [1.29, 1.82) is 0 Å². The van der Waals surface area contributed by atoms with E-state index in [4.69, 9.17) is 10.9 Å². The van der Waals surface area contributed by atoms with E-state index < -0.39 is 5.41 Å². The molecule has 106 valence electrons. The van der Waals surface area contributed by atoms with Gasteiger partial charge < -0.3 is 16.3 Å². The Balaban J connectivity index is 2.41. The highest BCUT2D eigenvalue weighted by Gasteiger charge is 2.35. The summed E-state index contributed by atoms with van der Waals surface area (Å²) in [5.41, 5.74) is 4.58. The van der Waals surface area contributed by atoms with Gasteiger partial charge in [-0.05, 0) is 19.8 Å². The normalized spacial score (nSPS) is 14.9. The molecule has 1 rings (SSSR count). The van der Waals surface area contributed by atoms with E-state index in [1.807, 2.05) is 6.92 Å². The minimum absolute atomic E-state index is 0.0808. The maximum atomic E-state index is 12.0. The Kier molecular flexibility index (Phi) is 5.28. The van der Waals surface area contributed by atoms with Gasteiger partial charge in [-0.1, -0.05) is 12.1 Å². The Bertz CT molecular complexity index is 430. The van der Waals surface area contributed by atoms with Crippen LogP contribution in [-0.2, 0) is 11.2 Å². The molecule has 0 aliphatic carbocycles. The average molecular weight is 268 g/mol. The molecule has 1 heterocycles. The van der Waals surface area contributed by atoms with Gasteiger partial charge in [-0.15, -0.1) is 0 Å². The molecule has 0 spiro atoms. The molecule has 0 aliphatic heterocycles. The maximum absolute atomic E-state index is 12.0. The third-order valence-corrected chi connectivity index (χ3v) is 3.22. The molecular weight excluding hydrogens is 248 g/mol. The molecule has 0 radical (unpaired) electrons. The number of aryl methyl sites for hydroxylation is 1. The number of amides is 1. The Hall–Kier alpha value is -2.12. The predicted molar refractivity (Wildman–Crippen MR) is 69.5 cm³/mol. The van der Waals surface area contributed by atoms with E-state index in [1.54, 1.807) is 6.92 Å². The first-order valence-corrected chi connectivity index (χ1v) is 6.15. The first kappa shape index (κ1) is 14.9. The van der Waals surface area contributed by atoms with Gasteiger partial charge in [0.15, 0.2) is 5.84 Å². The third kappa shape index (κ3) is 3.67. The monoisotopic (exact) mass is 268 g/mol. The number of aromatic amines is 1. The van der Waals surface area contributed by atoms with Crippen molar-refractivity contribution < 1.29 is 10.0 Å². The SMILES string of the molecule is CCC(C)(C(=O)NCCCc1ncn[nH]1)C(N)=NO. The molecule has 8 nitrogen and oxygen atoms in total. The van der Waals surface area contributed by atoms with Crippen molar-refractivity contribution in [2.24, 2.45) is 16.3 Å². The summed E-state index contributed by atoms with van der Waals surface area (Å²) in [5.74, 6) is 0.453. The van der Waals surface area contributed by atoms with Crippen molar-refractivity contribution in [2.75, 3.05) is 6.54 Å². The molecule has 1 amide bonds. The maximum Gasteiger partial charge on any atom is 0.233 e. The second-order valence-electron chi connectivity index (χ2n) is 4.46. The lowest BCUT2D eigenvalue weighted by atomic mass is 9.85. The number of H-pyrrole nitrogens is 1. The van der Waals surface area contributed by atoms with Crippen LogP contribution in [0.4, 0.5) is 0 Å². The van der Waals surface area contributed by atoms with Crippen LogP contribution in [0.3, 0.4) is 0 Å². The number of nitrogens with zero attached hydrogens (tertiary/aromatic N) is 3. The van der Waals surface area contributed by atoms with Gasteiger partial charge in [0, 0.05) is 13.0 Å². The molecule has 1 unspecified atom stereocenters. The zero-order chi connectivity index (χ0) is 14.3. The van der Waals surface area contributed by atoms with Crippen LogP contribution in [0.2, 0.25) is 0 Å². The zero-order valence-electron chi connectivity index (χ0n) is 11.2. The summed E-state index contributed by atoms with van der Waals surface area (Å²) in [5, 5.41) is 20.9. The molecule has 8 heteroatoms. The summed E-state index contributed by atoms with van der Waals surface area (Å²) in [7, 11) is 0. The molecule has 0 bridgehead atoms. The van der Waals surface area contributed by atoms with E-state index >= 15 is 0 Å². The summed E-state index contributed by atoms with van der Waals surface area (Å²) >= 11 is 0. The molecule has 1 aromatic rings. The summed E-state index contributed by atoms with van der Waals surface area (Å²) < 4.78 is 0. The van der Waals surface area contributed by atoms with E-state index in [2.05, 4.69) is 25.7 Å². The molecule has 1 atom stereocenters. The number of nitrogens with one attached hydrogen (secondary N) is 2. The number of nitrogens with two attached hydrogens (primary N) is 1. The Morgan fingerprint density at radius 2 is 2.42 bits per heavy atom. The van der Waals surface area contributed by atoms with Crippen molar-refractivity contribution >= 4 is 11.7 Å². The van der Waals surface area contributed by atoms with Crippen LogP contribution >= 0.6 is 0 Å². The first-order valence-electron chi connectivity index (χ1n) is 6.15. The fourth-order valence-electron chi connectivity index (χ4n) is 1.57. The van der Waals surface area contributed by atoms with Crippen molar-refractivity contribution in [2.45, 2.75) is 33.1 Å². The Labute approximate surface area is 111 Å². The van der Waals surface area contributed by atoms with Gasteiger partial charge in [0.2, 0.25) is 5.91 Å². The van der Waals surface area contributed by atoms with Crippen LogP contribution in [0.25, 0.3) is 0 Å². The number of carbonyl (C=O) groups is 1. The van der Waals surface area contributed by atoms with Gasteiger partial charge >= 0.3 is 0 Å². The minimum Gasteiger partial charge on any atom is -0.409 e. The van der Waals surface area contributed by atoms with Gasteiger partial charge in [0.05, 0.1) is 0 Å². The molecule has 19 heavy (non-hydrogen) atoms. The molecule has 0 saturated carbocycles. The number of rotatable bonds is 7. The zero-order valence-corrected chi connectivity index (χ0v) is 11.2. The lowest BCUT2D eigenvalue weighted by Gasteiger charge is -2.25. The fourth-order valence-corrected chi connectivity index (χ4v) is 1.57. The lowest BCUT2D eigenvalue weighted by Crippen LogP contribution is -2.47. The Morgan fingerprint density at radius 3 is 2.95 bits per heavy atom. The standard InChI is InChI=1S/C11H20N6O2/c1-3-11(2,9(12)17-19)10(18)13-6-4-5-8-14-7-15-16-8/h7,19H,3-6H2,1-2H3,(H2,12,17)(H,13,18)(H,14,15,16). The molecule has 0 saturated heterocycles. The van der Waals surface area contributed by atoms with Gasteiger partial charge in [-0.2, -0.15) is 5.10 Å². The van der Waals surface area contributed by atoms with Crippen molar-refractivity contribution in [3.8, 4) is 0 Å². The quantitative estimate of drug-likeness (QED) is 0.182. The largest absolute Gasteiger partial charge is 0.409 e. The van der Waals surface area contributed by atoms with Crippen LogP contribution in [0.1, 0.15) is 32.5 Å². The summed E-state index contributed by atoms with van der Waals surface area (Å²) in [6.07, 6.45) is 3.33. The minimum atomic E-state index is -0.985. The molecule has 0 aliphatic rings. The van der Waals surface area contributed by atoms with Crippen LogP contribution in [-0.4, -0.2) is 38.7 Å². The van der Waals surface area contributed by atoms with Gasteiger partial charge in [-0.25, -0.2) is 4.98 Å². The van der Waals surface area contributed by atoms with E-state index in [1.165, 1.54) is 6.33 Å². The van der Waals surface area contributed by atoms with E-state index in [9.17, 15) is 4.79 Å². The van der Waals surface area contributed by atoms with E-state index in [0.717, 1.165) is 12.2 Å². The first-order chi connectivity index (χ1) is 9.04. The lowest BCUT2D eigenvalue weighted by molar-refractivity contribution is -0.127. The number of aromatic nitrogens is 3. The van der Waals surface area contributed by atoms with Crippen LogP contribution in [0.15, 0.2) is 11.5 Å². The molecule has 5 N–H and O–H groups in total. The van der Waals surface area contributed by atoms with Crippen molar-refractivity contribution in [3.63, 3.8) is 0 Å². The highest BCUT2D eigenvalue weighted by molar-refractivity contribution is 6.06. The summed E-state index contributed by atoms with van der Waals surface area (Å²) in [6, 6.07) is 0. The van der Waals surface area contributed by atoms with Crippen molar-refractivity contribution in [3.05, 3.63) is 12.2 Å². The average Bonchev–Trinajstić information content (AvgIpc) is 2.94. The van der Waals surface area contributed by atoms with Crippen LogP contribution in [0.5, 0.6) is 0 Å². The number of carbonyl (C=O) groups excluding carboxylic acids is 1. The second kappa shape index (κ2) is 6.72. The Morgan fingerprint density at radius 1 is 1.68 bits per heavy atom. The highest BCUT2D eigenvalue weighted by Crippen LogP contribution is 2.21. The number of hydrogen-bond acceptors (Lipinski definition) is 5. The van der Waals surface area contributed by atoms with E-state index in [0.29, 0.717) is 19.4 Å². The highest BCUT2D eigenvalue weighted by atomic mass is 16.4.